The first-order valence-electron chi connectivity index (χ1n) is 12.2. The minimum absolute atomic E-state index is 0.0154. The quantitative estimate of drug-likeness (QED) is 0.711. The first-order chi connectivity index (χ1) is 15.7. The minimum Gasteiger partial charge on any atom is -0.323 e. The molecule has 6 heteroatoms. The summed E-state index contributed by atoms with van der Waals surface area (Å²) in [6.45, 7) is 6.72. The predicted molar refractivity (Wildman–Crippen MR) is 129 cm³/mol. The Labute approximate surface area is 197 Å². The number of Topliss-reactive ketones (excluding diaryl/α,β-unsaturated/α-hetero) is 1. The lowest BCUT2D eigenvalue weighted by atomic mass is 9.70. The average Bonchev–Trinajstić information content (AvgIpc) is 3.15. The van der Waals surface area contributed by atoms with Crippen LogP contribution in [-0.4, -0.2) is 50.4 Å². The normalized spacial score (nSPS) is 28.0. The van der Waals surface area contributed by atoms with Gasteiger partial charge in [-0.05, 0) is 24.2 Å². The largest absolute Gasteiger partial charge is 0.323 e. The van der Waals surface area contributed by atoms with Gasteiger partial charge >= 0.3 is 0 Å². The minimum atomic E-state index is -3.49. The molecule has 1 heterocycles. The number of nitrogens with zero attached hydrogens (tertiary/aromatic N) is 1. The summed E-state index contributed by atoms with van der Waals surface area (Å²) < 4.78 is 28.7. The van der Waals surface area contributed by atoms with E-state index in [1.165, 1.54) is 16.0 Å². The number of carbonyl (C=O) groups is 1. The second-order valence-corrected chi connectivity index (χ2v) is 12.7. The molecule has 2 aliphatic carbocycles. The number of carbonyl (C=O) groups excluding carboxylic acids is 1. The van der Waals surface area contributed by atoms with Gasteiger partial charge in [0.25, 0.3) is 0 Å². The summed E-state index contributed by atoms with van der Waals surface area (Å²) in [6.07, 6.45) is 2.25. The summed E-state index contributed by atoms with van der Waals surface area (Å²) in [5.74, 6) is 0.488. The molecule has 5 rings (SSSR count). The number of piperazine rings is 1. The molecular weight excluding hydrogens is 432 g/mol. The van der Waals surface area contributed by atoms with Crippen LogP contribution in [-0.2, 0) is 14.8 Å². The van der Waals surface area contributed by atoms with Gasteiger partial charge in [-0.15, -0.1) is 0 Å². The van der Waals surface area contributed by atoms with Gasteiger partial charge in [0.2, 0.25) is 10.0 Å². The van der Waals surface area contributed by atoms with Crippen molar-refractivity contribution in [2.24, 2.45) is 16.7 Å². The number of sulfonamides is 1. The third-order valence-corrected chi connectivity index (χ3v) is 11.0. The molecule has 1 N–H and O–H groups in total. The number of fused-ring (bicyclic) bond motifs is 2. The number of hydrogen-bond donors (Lipinski definition) is 1. The SMILES string of the molecule is CC1(C)[C@H]2CC[C@@]1(CS(=O)(=O)N1CC[NH+](C(c3ccccc3)c3ccccc3)CC1)C(=O)C2. The van der Waals surface area contributed by atoms with Crippen molar-refractivity contribution in [3.63, 3.8) is 0 Å². The molecule has 33 heavy (non-hydrogen) atoms. The Bertz CT molecular complexity index is 1070. The fourth-order valence-electron chi connectivity index (χ4n) is 6.81. The Morgan fingerprint density at radius 3 is 1.97 bits per heavy atom. The molecule has 5 nitrogen and oxygen atoms in total. The molecule has 0 aromatic heterocycles. The number of nitrogens with one attached hydrogen (secondary N) is 1. The van der Waals surface area contributed by atoms with E-state index in [4.69, 9.17) is 0 Å². The molecule has 176 valence electrons. The molecule has 3 fully saturated rings. The molecule has 2 aromatic carbocycles. The van der Waals surface area contributed by atoms with Gasteiger partial charge in [-0.3, -0.25) is 4.79 Å². The molecule has 0 amide bonds. The molecule has 3 aliphatic rings. The molecule has 1 aliphatic heterocycles. The van der Waals surface area contributed by atoms with Gasteiger partial charge in [-0.25, -0.2) is 8.42 Å². The maximum absolute atomic E-state index is 13.5. The van der Waals surface area contributed by atoms with Crippen molar-refractivity contribution >= 4 is 15.8 Å². The van der Waals surface area contributed by atoms with Gasteiger partial charge in [-0.1, -0.05) is 74.5 Å². The van der Waals surface area contributed by atoms with E-state index in [0.717, 1.165) is 25.9 Å². The van der Waals surface area contributed by atoms with Gasteiger partial charge in [0.15, 0.2) is 0 Å². The molecule has 2 aromatic rings. The summed E-state index contributed by atoms with van der Waals surface area (Å²) in [5, 5.41) is 0. The number of quaternary nitrogens is 1. The van der Waals surface area contributed by atoms with Gasteiger partial charge in [-0.2, -0.15) is 4.31 Å². The summed E-state index contributed by atoms with van der Waals surface area (Å²) in [6, 6.07) is 21.2. The fraction of sp³-hybridized carbons (Fsp3) is 0.519. The average molecular weight is 468 g/mol. The highest BCUT2D eigenvalue weighted by Crippen LogP contribution is 2.64. The van der Waals surface area contributed by atoms with E-state index in [1.54, 1.807) is 4.31 Å². The zero-order valence-electron chi connectivity index (χ0n) is 19.7. The summed E-state index contributed by atoms with van der Waals surface area (Å²) in [5.41, 5.74) is 1.58. The van der Waals surface area contributed by atoms with Crippen LogP contribution in [0.2, 0.25) is 0 Å². The lowest BCUT2D eigenvalue weighted by molar-refractivity contribution is -0.929. The number of benzene rings is 2. The van der Waals surface area contributed by atoms with Gasteiger partial charge in [0, 0.05) is 23.0 Å². The second-order valence-electron chi connectivity index (χ2n) is 10.7. The van der Waals surface area contributed by atoms with E-state index < -0.39 is 15.4 Å². The number of rotatable bonds is 6. The van der Waals surface area contributed by atoms with E-state index in [0.29, 0.717) is 25.4 Å². The zero-order valence-corrected chi connectivity index (χ0v) is 20.5. The zero-order chi connectivity index (χ0) is 23.3. The van der Waals surface area contributed by atoms with Crippen LogP contribution in [0.3, 0.4) is 0 Å². The van der Waals surface area contributed by atoms with Gasteiger partial charge in [0.05, 0.1) is 31.9 Å². The standard InChI is InChI=1S/C27H34N2O3S/c1-26(2)23-13-14-27(26,24(30)19-23)20-33(31,32)29-17-15-28(16-18-29)25(21-9-5-3-6-10-21)22-11-7-4-8-12-22/h3-12,23,25H,13-20H2,1-2H3/p+1/t23-,27+/m0/s1. The van der Waals surface area contributed by atoms with E-state index in [9.17, 15) is 13.2 Å². The van der Waals surface area contributed by atoms with E-state index in [2.05, 4.69) is 62.4 Å². The maximum atomic E-state index is 13.5. The molecule has 0 unspecified atom stereocenters. The summed E-state index contributed by atoms with van der Waals surface area (Å²) in [7, 11) is -3.49. The van der Waals surface area contributed by atoms with Crippen molar-refractivity contribution in [3.05, 3.63) is 71.8 Å². The highest BCUT2D eigenvalue weighted by atomic mass is 32.2. The van der Waals surface area contributed by atoms with Crippen LogP contribution in [0.1, 0.15) is 50.3 Å². The fourth-order valence-corrected chi connectivity index (χ4v) is 9.03. The Balaban J connectivity index is 1.33. The Hall–Kier alpha value is -2.02. The van der Waals surface area contributed by atoms with Crippen LogP contribution in [0.15, 0.2) is 60.7 Å². The van der Waals surface area contributed by atoms with Crippen LogP contribution < -0.4 is 4.90 Å². The molecule has 1 saturated heterocycles. The molecule has 0 spiro atoms. The third kappa shape index (κ3) is 3.76. The first kappa shape index (κ1) is 22.8. The van der Waals surface area contributed by atoms with Crippen molar-refractivity contribution in [1.29, 1.82) is 0 Å². The highest BCUT2D eigenvalue weighted by Gasteiger charge is 2.65. The summed E-state index contributed by atoms with van der Waals surface area (Å²) >= 11 is 0. The Morgan fingerprint density at radius 1 is 0.970 bits per heavy atom. The van der Waals surface area contributed by atoms with Crippen molar-refractivity contribution in [2.45, 2.75) is 39.2 Å². The van der Waals surface area contributed by atoms with Crippen molar-refractivity contribution < 1.29 is 18.1 Å². The van der Waals surface area contributed by atoms with Crippen molar-refractivity contribution in [3.8, 4) is 0 Å². The Morgan fingerprint density at radius 2 is 1.52 bits per heavy atom. The third-order valence-electron chi connectivity index (χ3n) is 9.00. The lowest BCUT2D eigenvalue weighted by Gasteiger charge is -2.40. The molecule has 2 atom stereocenters. The molecular formula is C27H35N2O3S+. The van der Waals surface area contributed by atoms with Crippen LogP contribution in [0.25, 0.3) is 0 Å². The maximum Gasteiger partial charge on any atom is 0.215 e. The second kappa shape index (κ2) is 8.33. The van der Waals surface area contributed by atoms with Gasteiger partial charge in [0.1, 0.15) is 11.8 Å². The van der Waals surface area contributed by atoms with Crippen LogP contribution in [0.4, 0.5) is 0 Å². The smallest absolute Gasteiger partial charge is 0.215 e. The predicted octanol–water partition coefficient (Wildman–Crippen LogP) is 2.70. The first-order valence-corrected chi connectivity index (χ1v) is 13.8. The number of ketones is 1. The van der Waals surface area contributed by atoms with Crippen LogP contribution >= 0.6 is 0 Å². The van der Waals surface area contributed by atoms with E-state index >= 15 is 0 Å². The monoisotopic (exact) mass is 467 g/mol. The lowest BCUT2D eigenvalue weighted by Crippen LogP contribution is -3.15. The Kier molecular flexibility index (Phi) is 5.74. The highest BCUT2D eigenvalue weighted by molar-refractivity contribution is 7.89. The van der Waals surface area contributed by atoms with Crippen molar-refractivity contribution in [1.82, 2.24) is 4.31 Å². The summed E-state index contributed by atoms with van der Waals surface area (Å²) in [4.78, 5) is 14.3. The van der Waals surface area contributed by atoms with Crippen LogP contribution in [0, 0.1) is 16.7 Å². The molecule has 2 bridgehead atoms. The van der Waals surface area contributed by atoms with E-state index in [-0.39, 0.29) is 23.0 Å². The van der Waals surface area contributed by atoms with Crippen LogP contribution in [0.5, 0.6) is 0 Å². The topological polar surface area (TPSA) is 58.9 Å². The van der Waals surface area contributed by atoms with Gasteiger partial charge < -0.3 is 4.90 Å². The molecule has 0 radical (unpaired) electrons. The number of hydrogen-bond acceptors (Lipinski definition) is 3. The van der Waals surface area contributed by atoms with Crippen molar-refractivity contribution in [2.75, 3.05) is 31.9 Å². The molecule has 2 saturated carbocycles. The van der Waals surface area contributed by atoms with E-state index in [1.807, 2.05) is 12.1 Å².